The van der Waals surface area contributed by atoms with Crippen LogP contribution in [0.5, 0.6) is 23.0 Å². The lowest BCUT2D eigenvalue weighted by molar-refractivity contribution is -0.385. The molecule has 8 rings (SSSR count). The van der Waals surface area contributed by atoms with E-state index in [0.717, 1.165) is 66.7 Å². The third kappa shape index (κ3) is 12.2. The Morgan fingerprint density at radius 3 is 1.34 bits per heavy atom. The fourth-order valence-electron chi connectivity index (χ4n) is 7.72. The second kappa shape index (κ2) is 21.3. The van der Waals surface area contributed by atoms with Gasteiger partial charge in [0.05, 0.1) is 34.5 Å². The lowest BCUT2D eigenvalue weighted by Gasteiger charge is -2.14. The average Bonchev–Trinajstić information content (AvgIpc) is 2.27. The molecule has 8 aromatic rings. The number of hydrogen-bond donors (Lipinski definition) is 10. The summed E-state index contributed by atoms with van der Waals surface area (Å²) in [6, 6.07) is 13.6. The summed E-state index contributed by atoms with van der Waals surface area (Å²) in [6.07, 6.45) is 0. The van der Waals surface area contributed by atoms with E-state index in [9.17, 15) is 103 Å². The van der Waals surface area contributed by atoms with Crippen molar-refractivity contribution in [3.05, 3.63) is 107 Å². The number of benzene rings is 8. The number of nitrogen functional groups attached to an aromatic ring is 1. The number of azo groups is 4. The number of rotatable bonds is 16. The van der Waals surface area contributed by atoms with E-state index in [4.69, 9.17) is 10.5 Å². The molecular formula is C43H30N10O24S6. The number of ether oxygens (including phenoxy) is 1. The van der Waals surface area contributed by atoms with E-state index in [1.807, 2.05) is 0 Å². The Morgan fingerprint density at radius 1 is 0.422 bits per heavy atom. The van der Waals surface area contributed by atoms with Crippen molar-refractivity contribution >= 4 is 150 Å². The number of aromatic hydroxyl groups is 3. The maximum atomic E-state index is 12.8. The van der Waals surface area contributed by atoms with Gasteiger partial charge in [0, 0.05) is 29.0 Å². The Kier molecular flexibility index (Phi) is 15.4. The highest BCUT2D eigenvalue weighted by atomic mass is 32.2. The van der Waals surface area contributed by atoms with Gasteiger partial charge in [0.2, 0.25) is 0 Å². The molecule has 0 aliphatic rings. The number of nitrogens with zero attached hydrogens (tertiary/aromatic N) is 9. The molecule has 0 bridgehead atoms. The molecule has 0 fully saturated rings. The second-order valence-electron chi connectivity index (χ2n) is 16.7. The SMILES string of the molecule is COc1ccc(/N=N\c2c(S(=O)(=O)O)cc3cc(N=Nc4c(S(=O)(=O)O)cc5cc(S(=O)(=O)O)c(/N=N\c6ccc7cc(S(=O)(=O)O)c(/N=N\c8ccc([N+](=O)[O-])cc8S(=O)(=O)O)c(O)c7c6)c(N)c5c4O)ccc3c2O)c(S(=O)(=O)O)c1. The van der Waals surface area contributed by atoms with Crippen LogP contribution in [0.25, 0.3) is 32.3 Å². The van der Waals surface area contributed by atoms with E-state index >= 15 is 0 Å². The molecule has 0 aliphatic heterocycles. The minimum Gasteiger partial charge on any atom is -0.505 e. The van der Waals surface area contributed by atoms with Crippen molar-refractivity contribution in [1.82, 2.24) is 0 Å². The Balaban J connectivity index is 1.22. The number of nitrogens with two attached hydrogens (primary N) is 1. The van der Waals surface area contributed by atoms with Crippen molar-refractivity contribution in [2.24, 2.45) is 40.9 Å². The number of phenols is 3. The lowest BCUT2D eigenvalue weighted by Crippen LogP contribution is -2.03. The molecule has 0 amide bonds. The van der Waals surface area contributed by atoms with Gasteiger partial charge in [-0.3, -0.25) is 37.4 Å². The maximum absolute atomic E-state index is 12.8. The Labute approximate surface area is 463 Å². The first kappa shape index (κ1) is 59.9. The molecule has 0 radical (unpaired) electrons. The fraction of sp³-hybridized carbons (Fsp3) is 0.0233. The number of nitro benzene ring substituents is 1. The van der Waals surface area contributed by atoms with Crippen LogP contribution in [-0.4, -0.2) is 105 Å². The van der Waals surface area contributed by atoms with Gasteiger partial charge in [0.25, 0.3) is 66.4 Å². The van der Waals surface area contributed by atoms with Gasteiger partial charge in [0.1, 0.15) is 69.2 Å². The molecule has 0 saturated heterocycles. The predicted molar refractivity (Wildman–Crippen MR) is 283 cm³/mol. The molecule has 11 N–H and O–H groups in total. The van der Waals surface area contributed by atoms with Gasteiger partial charge in [0.15, 0.2) is 17.2 Å². The van der Waals surface area contributed by atoms with Gasteiger partial charge in [-0.1, -0.05) is 6.07 Å². The number of phenolic OH excluding ortho intramolecular Hbond substituents is 3. The molecule has 0 spiro atoms. The molecule has 0 aromatic heterocycles. The van der Waals surface area contributed by atoms with Crippen LogP contribution >= 0.6 is 0 Å². The van der Waals surface area contributed by atoms with Crippen LogP contribution in [0.2, 0.25) is 0 Å². The highest BCUT2D eigenvalue weighted by Crippen LogP contribution is 2.50. The van der Waals surface area contributed by atoms with Crippen molar-refractivity contribution in [1.29, 1.82) is 0 Å². The summed E-state index contributed by atoms with van der Waals surface area (Å²) in [6.45, 7) is 0. The molecule has 0 atom stereocenters. The number of fused-ring (bicyclic) bond motifs is 3. The smallest absolute Gasteiger partial charge is 0.297 e. The third-order valence-corrected chi connectivity index (χ3v) is 16.7. The average molecular weight is 1260 g/mol. The Morgan fingerprint density at radius 2 is 0.831 bits per heavy atom. The van der Waals surface area contributed by atoms with Crippen molar-refractivity contribution < 1.29 is 103 Å². The van der Waals surface area contributed by atoms with E-state index in [-0.39, 0.29) is 33.3 Å². The van der Waals surface area contributed by atoms with Gasteiger partial charge in [-0.15, -0.1) is 30.7 Å². The van der Waals surface area contributed by atoms with E-state index in [1.54, 1.807) is 0 Å². The van der Waals surface area contributed by atoms with E-state index < -0.39 is 174 Å². The minimum atomic E-state index is -5.49. The molecule has 0 aliphatic carbocycles. The molecule has 40 heteroatoms. The summed E-state index contributed by atoms with van der Waals surface area (Å²) in [5.41, 5.74) is -1.65. The minimum absolute atomic E-state index is 0.0543. The van der Waals surface area contributed by atoms with Gasteiger partial charge >= 0.3 is 0 Å². The van der Waals surface area contributed by atoms with Crippen LogP contribution in [0.1, 0.15) is 0 Å². The van der Waals surface area contributed by atoms with Crippen LogP contribution < -0.4 is 10.5 Å². The highest BCUT2D eigenvalue weighted by Gasteiger charge is 2.30. The monoisotopic (exact) mass is 1260 g/mol. The molecule has 0 heterocycles. The van der Waals surface area contributed by atoms with Crippen molar-refractivity contribution in [2.45, 2.75) is 29.4 Å². The zero-order valence-electron chi connectivity index (χ0n) is 40.4. The van der Waals surface area contributed by atoms with E-state index in [1.165, 1.54) is 13.2 Å². The number of nitro groups is 1. The number of methoxy groups -OCH3 is 1. The molecular weight excluding hydrogens is 1230 g/mol. The van der Waals surface area contributed by atoms with Gasteiger partial charge in [-0.2, -0.15) is 60.7 Å². The van der Waals surface area contributed by atoms with Crippen LogP contribution in [0.4, 0.5) is 56.9 Å². The first-order valence-corrected chi connectivity index (χ1v) is 30.2. The molecule has 0 unspecified atom stereocenters. The number of anilines is 1. The zero-order chi connectivity index (χ0) is 61.3. The van der Waals surface area contributed by atoms with E-state index in [0.29, 0.717) is 24.3 Å². The normalized spacial score (nSPS) is 13.2. The molecule has 34 nitrogen and oxygen atoms in total. The predicted octanol–water partition coefficient (Wildman–Crippen LogP) is 8.90. The fourth-order valence-corrected chi connectivity index (χ4v) is 11.6. The summed E-state index contributed by atoms with van der Waals surface area (Å²) in [4.78, 5) is 3.45. The Bertz CT molecular complexity index is 5040. The van der Waals surface area contributed by atoms with Crippen molar-refractivity contribution in [3.63, 3.8) is 0 Å². The highest BCUT2D eigenvalue weighted by molar-refractivity contribution is 7.87. The molecule has 0 saturated carbocycles. The summed E-state index contributed by atoms with van der Waals surface area (Å²) in [5.74, 6) is -3.43. The summed E-state index contributed by atoms with van der Waals surface area (Å²) in [7, 11) is -30.7. The van der Waals surface area contributed by atoms with Crippen LogP contribution in [0.3, 0.4) is 0 Å². The van der Waals surface area contributed by atoms with Gasteiger partial charge in [-0.25, -0.2) is 0 Å². The number of hydrogen-bond acceptors (Lipinski definition) is 27. The van der Waals surface area contributed by atoms with Gasteiger partial charge < -0.3 is 25.8 Å². The van der Waals surface area contributed by atoms with E-state index in [2.05, 4.69) is 40.9 Å². The number of non-ortho nitro benzene ring substituents is 1. The largest absolute Gasteiger partial charge is 0.505 e. The second-order valence-corrected chi connectivity index (χ2v) is 25.0. The first-order valence-electron chi connectivity index (χ1n) is 21.6. The summed E-state index contributed by atoms with van der Waals surface area (Å²) < 4.78 is 215. The van der Waals surface area contributed by atoms with Crippen LogP contribution in [0, 0.1) is 10.1 Å². The zero-order valence-corrected chi connectivity index (χ0v) is 45.3. The van der Waals surface area contributed by atoms with Crippen molar-refractivity contribution in [3.8, 4) is 23.0 Å². The first-order chi connectivity index (χ1) is 38.4. The lowest BCUT2D eigenvalue weighted by atomic mass is 10.0. The Hall–Kier alpha value is -9.20. The summed E-state index contributed by atoms with van der Waals surface area (Å²) in [5, 5.41) is 72.5. The van der Waals surface area contributed by atoms with Gasteiger partial charge in [-0.05, 0) is 89.0 Å². The quantitative estimate of drug-likeness (QED) is 0.0142. The topological polar surface area (TPSA) is 564 Å². The third-order valence-electron chi connectivity index (χ3n) is 11.4. The van der Waals surface area contributed by atoms with Crippen LogP contribution in [0.15, 0.2) is 167 Å². The standard InChI is InChI=1S/C43H30N10O24S6/c1-77-24-6-9-28(30(17-24)79(62,63)64)48-51-38-33(82(71,72)73)12-19-10-21(4-7-25(19)41(38)54)45-50-40-34(83(74,75)76)14-20-13-31(80(65,66)67)37(36(44)35(20)43(40)56)49-46-22-3-2-18-11-32(81(68,69)70)39(42(55)26(18)15-22)52-47-27-8-5-23(53(57)58)16-29(27)78(59,60)61/h2-17,54-56H,44H2,1H3,(H,59,60,61)(H,62,63,64)(H,65,66,67)(H,68,69,70)(H,71,72,73)(H,74,75,76)/b49-46-,50-45?,51-48-,52-47-. The molecule has 8 aromatic carbocycles. The molecule has 83 heavy (non-hydrogen) atoms. The molecule has 432 valence electrons. The van der Waals surface area contributed by atoms with Crippen LogP contribution in [-0.2, 0) is 60.7 Å². The van der Waals surface area contributed by atoms with Crippen molar-refractivity contribution in [2.75, 3.05) is 12.8 Å². The maximum Gasteiger partial charge on any atom is 0.297 e. The summed E-state index contributed by atoms with van der Waals surface area (Å²) >= 11 is 0.